The number of esters is 1. The molecule has 1 aliphatic carbocycles. The average molecular weight is 321 g/mol. The first kappa shape index (κ1) is 17.1. The number of ether oxygens (including phenoxy) is 1. The highest BCUT2D eigenvalue weighted by molar-refractivity contribution is 5.91. The Morgan fingerprint density at radius 1 is 1.26 bits per heavy atom. The van der Waals surface area contributed by atoms with Crippen molar-refractivity contribution in [1.82, 2.24) is 15.2 Å². The number of nitrogens with one attached hydrogen (secondary N) is 2. The van der Waals surface area contributed by atoms with E-state index in [-0.39, 0.29) is 30.9 Å². The topological polar surface area (TPSA) is 89.4 Å². The van der Waals surface area contributed by atoms with Crippen molar-refractivity contribution in [3.05, 3.63) is 23.0 Å². The molecule has 1 aliphatic rings. The van der Waals surface area contributed by atoms with Gasteiger partial charge in [-0.15, -0.1) is 0 Å². The third-order valence-corrected chi connectivity index (χ3v) is 3.76. The van der Waals surface area contributed by atoms with Gasteiger partial charge in [-0.3, -0.25) is 9.59 Å². The predicted octanol–water partition coefficient (Wildman–Crippen LogP) is 0.676. The fourth-order valence-electron chi connectivity index (χ4n) is 2.34. The Labute approximate surface area is 135 Å². The van der Waals surface area contributed by atoms with Gasteiger partial charge in [0, 0.05) is 17.4 Å². The smallest absolute Gasteiger partial charge is 0.339 e. The van der Waals surface area contributed by atoms with Gasteiger partial charge in [0.25, 0.3) is 0 Å². The third kappa shape index (κ3) is 4.58. The Hall–Kier alpha value is -2.31. The lowest BCUT2D eigenvalue weighted by Gasteiger charge is -2.10. The quantitative estimate of drug-likeness (QED) is 0.723. The summed E-state index contributed by atoms with van der Waals surface area (Å²) < 4.78 is 6.73. The van der Waals surface area contributed by atoms with Crippen molar-refractivity contribution < 1.29 is 19.1 Å². The van der Waals surface area contributed by atoms with Gasteiger partial charge in [0.05, 0.1) is 18.7 Å². The largest absolute Gasteiger partial charge is 0.462 e. The summed E-state index contributed by atoms with van der Waals surface area (Å²) in [5.74, 6) is -0.835. The minimum absolute atomic E-state index is 0.0283. The summed E-state index contributed by atoms with van der Waals surface area (Å²) in [5.41, 5.74) is 1.94. The molecule has 2 rings (SSSR count). The Balaban J connectivity index is 1.92. The number of hydrogen-bond acceptors (Lipinski definition) is 4. The molecule has 2 N–H and O–H groups in total. The molecule has 7 nitrogen and oxygen atoms in total. The van der Waals surface area contributed by atoms with Crippen LogP contribution < -0.4 is 10.6 Å². The fourth-order valence-corrected chi connectivity index (χ4v) is 2.34. The molecule has 0 spiro atoms. The van der Waals surface area contributed by atoms with Crippen LogP contribution in [0.2, 0.25) is 0 Å². The molecule has 1 aromatic heterocycles. The van der Waals surface area contributed by atoms with Gasteiger partial charge in [0.1, 0.15) is 6.54 Å². The molecular weight excluding hydrogens is 298 g/mol. The van der Waals surface area contributed by atoms with Gasteiger partial charge in [-0.1, -0.05) is 0 Å². The number of hydrogen-bond donors (Lipinski definition) is 2. The second-order valence-corrected chi connectivity index (χ2v) is 5.71. The van der Waals surface area contributed by atoms with E-state index < -0.39 is 5.97 Å². The van der Waals surface area contributed by atoms with Crippen molar-refractivity contribution >= 4 is 17.8 Å². The van der Waals surface area contributed by atoms with E-state index in [2.05, 4.69) is 10.6 Å². The molecule has 0 bridgehead atoms. The van der Waals surface area contributed by atoms with Crippen LogP contribution in [-0.2, 0) is 20.9 Å². The van der Waals surface area contributed by atoms with E-state index in [1.807, 2.05) is 6.92 Å². The number of carbonyl (C=O) groups excluding carboxylic acids is 3. The van der Waals surface area contributed by atoms with Crippen LogP contribution in [0.5, 0.6) is 0 Å². The standard InChI is InChI=1S/C16H23N3O4/c1-4-23-16(22)13-7-10(2)19(11(13)3)9-15(21)17-8-14(20)18-12-5-6-12/h7,12H,4-6,8-9H2,1-3H3,(H,17,21)(H,18,20). The van der Waals surface area contributed by atoms with Crippen molar-refractivity contribution in [2.24, 2.45) is 0 Å². The number of aryl methyl sites for hydroxylation is 1. The highest BCUT2D eigenvalue weighted by atomic mass is 16.5. The lowest BCUT2D eigenvalue weighted by Crippen LogP contribution is -2.39. The van der Waals surface area contributed by atoms with Gasteiger partial charge in [0.15, 0.2) is 0 Å². The average Bonchev–Trinajstić information content (AvgIpc) is 3.26. The first-order valence-electron chi connectivity index (χ1n) is 7.82. The zero-order valence-electron chi connectivity index (χ0n) is 13.8. The summed E-state index contributed by atoms with van der Waals surface area (Å²) in [6.07, 6.45) is 2.02. The highest BCUT2D eigenvalue weighted by Crippen LogP contribution is 2.18. The normalized spacial score (nSPS) is 13.5. The SMILES string of the molecule is CCOC(=O)c1cc(C)n(CC(=O)NCC(=O)NC2CC2)c1C. The lowest BCUT2D eigenvalue weighted by atomic mass is 10.2. The summed E-state index contributed by atoms with van der Waals surface area (Å²) >= 11 is 0. The van der Waals surface area contributed by atoms with Crippen LogP contribution in [0.25, 0.3) is 0 Å². The number of amides is 2. The van der Waals surface area contributed by atoms with Crippen molar-refractivity contribution in [2.75, 3.05) is 13.2 Å². The molecule has 0 saturated heterocycles. The molecule has 0 aliphatic heterocycles. The first-order valence-corrected chi connectivity index (χ1v) is 7.82. The van der Waals surface area contributed by atoms with Gasteiger partial charge < -0.3 is 19.9 Å². The predicted molar refractivity (Wildman–Crippen MR) is 84.0 cm³/mol. The van der Waals surface area contributed by atoms with Gasteiger partial charge >= 0.3 is 5.97 Å². The van der Waals surface area contributed by atoms with Crippen LogP contribution in [0.3, 0.4) is 0 Å². The molecule has 1 heterocycles. The fraction of sp³-hybridized carbons (Fsp3) is 0.562. The summed E-state index contributed by atoms with van der Waals surface area (Å²) in [7, 11) is 0. The maximum Gasteiger partial charge on any atom is 0.339 e. The Morgan fingerprint density at radius 3 is 2.57 bits per heavy atom. The van der Waals surface area contributed by atoms with Crippen LogP contribution in [0.1, 0.15) is 41.5 Å². The highest BCUT2D eigenvalue weighted by Gasteiger charge is 2.23. The van der Waals surface area contributed by atoms with Crippen molar-refractivity contribution in [3.63, 3.8) is 0 Å². The number of nitrogens with zero attached hydrogens (tertiary/aromatic N) is 1. The molecule has 23 heavy (non-hydrogen) atoms. The molecule has 7 heteroatoms. The molecule has 0 aromatic carbocycles. The van der Waals surface area contributed by atoms with Crippen LogP contribution in [0.4, 0.5) is 0 Å². The van der Waals surface area contributed by atoms with Gasteiger partial charge in [-0.2, -0.15) is 0 Å². The molecular formula is C16H23N3O4. The number of rotatable bonds is 7. The second-order valence-electron chi connectivity index (χ2n) is 5.71. The summed E-state index contributed by atoms with van der Waals surface area (Å²) in [5, 5.41) is 5.40. The zero-order chi connectivity index (χ0) is 17.0. The molecule has 0 unspecified atom stereocenters. The first-order chi connectivity index (χ1) is 10.9. The summed E-state index contributed by atoms with van der Waals surface area (Å²) in [6.45, 7) is 5.68. The molecule has 1 aromatic rings. The van der Waals surface area contributed by atoms with Gasteiger partial charge in [-0.05, 0) is 39.7 Å². The maximum absolute atomic E-state index is 12.0. The van der Waals surface area contributed by atoms with Crippen molar-refractivity contribution in [3.8, 4) is 0 Å². The third-order valence-electron chi connectivity index (χ3n) is 3.76. The van der Waals surface area contributed by atoms with Crippen LogP contribution in [0, 0.1) is 13.8 Å². The molecule has 1 fully saturated rings. The van der Waals surface area contributed by atoms with Crippen molar-refractivity contribution in [2.45, 2.75) is 46.2 Å². The zero-order valence-corrected chi connectivity index (χ0v) is 13.8. The van der Waals surface area contributed by atoms with E-state index in [4.69, 9.17) is 4.74 Å². The van der Waals surface area contributed by atoms with E-state index in [1.165, 1.54) is 0 Å². The monoisotopic (exact) mass is 321 g/mol. The van der Waals surface area contributed by atoms with E-state index in [9.17, 15) is 14.4 Å². The van der Waals surface area contributed by atoms with Crippen LogP contribution >= 0.6 is 0 Å². The Morgan fingerprint density at radius 2 is 1.96 bits per heavy atom. The number of aromatic nitrogens is 1. The Kier molecular flexibility index (Phi) is 5.41. The van der Waals surface area contributed by atoms with E-state index in [0.29, 0.717) is 17.9 Å². The van der Waals surface area contributed by atoms with E-state index in [1.54, 1.807) is 24.5 Å². The van der Waals surface area contributed by atoms with Crippen molar-refractivity contribution in [1.29, 1.82) is 0 Å². The van der Waals surface area contributed by atoms with Gasteiger partial charge in [0.2, 0.25) is 11.8 Å². The van der Waals surface area contributed by atoms with Crippen LogP contribution in [0.15, 0.2) is 6.07 Å². The minimum atomic E-state index is -0.393. The molecule has 0 radical (unpaired) electrons. The lowest BCUT2D eigenvalue weighted by molar-refractivity contribution is -0.126. The van der Waals surface area contributed by atoms with Gasteiger partial charge in [-0.25, -0.2) is 4.79 Å². The minimum Gasteiger partial charge on any atom is -0.462 e. The number of carbonyl (C=O) groups is 3. The summed E-state index contributed by atoms with van der Waals surface area (Å²) in [4.78, 5) is 35.4. The van der Waals surface area contributed by atoms with Crippen LogP contribution in [-0.4, -0.2) is 41.5 Å². The molecule has 0 atom stereocenters. The summed E-state index contributed by atoms with van der Waals surface area (Å²) in [6, 6.07) is 1.99. The Bertz CT molecular complexity index is 617. The molecule has 126 valence electrons. The second kappa shape index (κ2) is 7.30. The molecule has 1 saturated carbocycles. The molecule has 2 amide bonds. The van der Waals surface area contributed by atoms with E-state index >= 15 is 0 Å². The van der Waals surface area contributed by atoms with E-state index in [0.717, 1.165) is 18.5 Å². The maximum atomic E-state index is 12.0.